The summed E-state index contributed by atoms with van der Waals surface area (Å²) in [5.41, 5.74) is 5.95. The number of halogens is 3. The Morgan fingerprint density at radius 2 is 2.00 bits per heavy atom. The van der Waals surface area contributed by atoms with Gasteiger partial charge in [0.1, 0.15) is 6.04 Å². The molecule has 1 aromatic rings. The highest BCUT2D eigenvalue weighted by molar-refractivity contribution is 6.07. The standard InChI is InChI=1S/C19H19F3N4O6/c20-19(21,22)18(31)32-13(6-7-23)16(29)24-11-3-1-2-9-10(11)8-26(17(9)30)12-4-5-14(27)25-15(12)28/h1-3,12-13H,4-8,23H2,(H,24,29)(H,25,27,28). The van der Waals surface area contributed by atoms with Crippen LogP contribution in [0, 0.1) is 0 Å². The van der Waals surface area contributed by atoms with Crippen molar-refractivity contribution in [3.8, 4) is 0 Å². The SMILES string of the molecule is NCCC(OC(=O)C(F)(F)F)C(=O)Nc1cccc2c1CN(C1CCC(=O)NC1=O)C2=O. The van der Waals surface area contributed by atoms with E-state index in [-0.39, 0.29) is 43.6 Å². The van der Waals surface area contributed by atoms with Crippen molar-refractivity contribution in [3.63, 3.8) is 0 Å². The van der Waals surface area contributed by atoms with E-state index in [1.165, 1.54) is 23.1 Å². The van der Waals surface area contributed by atoms with Crippen molar-refractivity contribution < 1.29 is 41.9 Å². The summed E-state index contributed by atoms with van der Waals surface area (Å²) in [4.78, 5) is 61.2. The minimum absolute atomic E-state index is 0.0610. The summed E-state index contributed by atoms with van der Waals surface area (Å²) < 4.78 is 41.8. The van der Waals surface area contributed by atoms with Gasteiger partial charge in [-0.1, -0.05) is 6.07 Å². The molecule has 1 aromatic carbocycles. The van der Waals surface area contributed by atoms with E-state index >= 15 is 0 Å². The third kappa shape index (κ3) is 4.72. The average molecular weight is 456 g/mol. The number of benzene rings is 1. The third-order valence-electron chi connectivity index (χ3n) is 5.04. The van der Waals surface area contributed by atoms with Crippen LogP contribution >= 0.6 is 0 Å². The largest absolute Gasteiger partial charge is 0.490 e. The van der Waals surface area contributed by atoms with E-state index in [4.69, 9.17) is 5.73 Å². The molecular formula is C19H19F3N4O6. The number of alkyl halides is 3. The van der Waals surface area contributed by atoms with Gasteiger partial charge in [0.25, 0.3) is 11.8 Å². The number of piperidine rings is 1. The Labute approximate surface area is 179 Å². The van der Waals surface area contributed by atoms with Gasteiger partial charge in [0.2, 0.25) is 11.8 Å². The first-order valence-electron chi connectivity index (χ1n) is 9.58. The van der Waals surface area contributed by atoms with Gasteiger partial charge in [0.15, 0.2) is 6.10 Å². The molecule has 0 aromatic heterocycles. The number of nitrogens with zero attached hydrogens (tertiary/aromatic N) is 1. The van der Waals surface area contributed by atoms with Crippen molar-refractivity contribution in [2.45, 2.75) is 44.1 Å². The molecule has 10 nitrogen and oxygen atoms in total. The molecule has 2 aliphatic rings. The lowest BCUT2D eigenvalue weighted by molar-refractivity contribution is -0.205. The van der Waals surface area contributed by atoms with E-state index < -0.39 is 47.9 Å². The van der Waals surface area contributed by atoms with Gasteiger partial charge in [-0.3, -0.25) is 24.5 Å². The minimum Gasteiger partial charge on any atom is -0.446 e. The van der Waals surface area contributed by atoms with Crippen LogP contribution in [0.15, 0.2) is 18.2 Å². The first-order valence-corrected chi connectivity index (χ1v) is 9.58. The number of hydrogen-bond acceptors (Lipinski definition) is 7. The summed E-state index contributed by atoms with van der Waals surface area (Å²) in [5.74, 6) is -5.12. The second kappa shape index (κ2) is 8.94. The van der Waals surface area contributed by atoms with Crippen LogP contribution in [0.3, 0.4) is 0 Å². The molecule has 4 amide bonds. The first-order chi connectivity index (χ1) is 15.0. The Balaban J connectivity index is 1.78. The van der Waals surface area contributed by atoms with Crippen LogP contribution in [0.5, 0.6) is 0 Å². The van der Waals surface area contributed by atoms with Gasteiger partial charge in [0.05, 0.1) is 0 Å². The van der Waals surface area contributed by atoms with Gasteiger partial charge in [-0.15, -0.1) is 0 Å². The Bertz CT molecular complexity index is 980. The number of imide groups is 1. The normalized spacial score (nSPS) is 19.3. The van der Waals surface area contributed by atoms with Gasteiger partial charge in [-0.25, -0.2) is 4.79 Å². The van der Waals surface area contributed by atoms with Crippen molar-refractivity contribution in [1.29, 1.82) is 0 Å². The van der Waals surface area contributed by atoms with E-state index in [0.717, 1.165) is 0 Å². The number of carbonyl (C=O) groups excluding carboxylic acids is 5. The van der Waals surface area contributed by atoms with Crippen molar-refractivity contribution in [3.05, 3.63) is 29.3 Å². The summed E-state index contributed by atoms with van der Waals surface area (Å²) in [5, 5.41) is 4.54. The fourth-order valence-electron chi connectivity index (χ4n) is 3.51. The Kier molecular flexibility index (Phi) is 6.48. The molecule has 0 saturated carbocycles. The predicted molar refractivity (Wildman–Crippen MR) is 101 cm³/mol. The molecule has 32 heavy (non-hydrogen) atoms. The first kappa shape index (κ1) is 23.2. The molecular weight excluding hydrogens is 437 g/mol. The number of anilines is 1. The summed E-state index contributed by atoms with van der Waals surface area (Å²) >= 11 is 0. The van der Waals surface area contributed by atoms with Crippen molar-refractivity contribution in [2.75, 3.05) is 11.9 Å². The van der Waals surface area contributed by atoms with Crippen molar-refractivity contribution >= 4 is 35.3 Å². The smallest absolute Gasteiger partial charge is 0.446 e. The quantitative estimate of drug-likeness (QED) is 0.409. The molecule has 172 valence electrons. The summed E-state index contributed by atoms with van der Waals surface area (Å²) in [7, 11) is 0. The van der Waals surface area contributed by atoms with E-state index in [1.807, 2.05) is 0 Å². The topological polar surface area (TPSA) is 148 Å². The number of esters is 1. The fourth-order valence-corrected chi connectivity index (χ4v) is 3.51. The van der Waals surface area contributed by atoms with Gasteiger partial charge < -0.3 is 20.7 Å². The lowest BCUT2D eigenvalue weighted by Gasteiger charge is -2.29. The van der Waals surface area contributed by atoms with Crippen LogP contribution in [0.4, 0.5) is 18.9 Å². The lowest BCUT2D eigenvalue weighted by atomic mass is 10.0. The zero-order valence-electron chi connectivity index (χ0n) is 16.5. The number of ether oxygens (including phenoxy) is 1. The number of fused-ring (bicyclic) bond motifs is 1. The molecule has 0 spiro atoms. The molecule has 0 aliphatic carbocycles. The molecule has 1 fully saturated rings. The molecule has 0 bridgehead atoms. The highest BCUT2D eigenvalue weighted by Gasteiger charge is 2.44. The molecule has 1 saturated heterocycles. The maximum Gasteiger partial charge on any atom is 0.490 e. The molecule has 3 rings (SSSR count). The Morgan fingerprint density at radius 1 is 1.28 bits per heavy atom. The van der Waals surface area contributed by atoms with Gasteiger partial charge >= 0.3 is 12.1 Å². The molecule has 13 heteroatoms. The molecule has 0 radical (unpaired) electrons. The molecule has 2 aliphatic heterocycles. The van der Waals surface area contributed by atoms with Gasteiger partial charge in [0, 0.05) is 36.2 Å². The maximum atomic E-state index is 12.8. The van der Waals surface area contributed by atoms with Crippen LogP contribution in [-0.4, -0.2) is 59.4 Å². The Hall–Kier alpha value is -3.48. The summed E-state index contributed by atoms with van der Waals surface area (Å²) in [6.07, 6.45) is -7.24. The monoisotopic (exact) mass is 456 g/mol. The fraction of sp³-hybridized carbons (Fsp3) is 0.421. The molecule has 2 atom stereocenters. The van der Waals surface area contributed by atoms with Gasteiger partial charge in [-0.2, -0.15) is 13.2 Å². The van der Waals surface area contributed by atoms with Crippen LogP contribution in [0.2, 0.25) is 0 Å². The zero-order valence-corrected chi connectivity index (χ0v) is 16.5. The summed E-state index contributed by atoms with van der Waals surface area (Å²) in [6.45, 7) is -0.293. The minimum atomic E-state index is -5.28. The second-order valence-electron chi connectivity index (χ2n) is 7.19. The molecule has 2 unspecified atom stereocenters. The molecule has 4 N–H and O–H groups in total. The van der Waals surface area contributed by atoms with Crippen LogP contribution in [-0.2, 0) is 30.5 Å². The number of rotatable bonds is 6. The predicted octanol–water partition coefficient (Wildman–Crippen LogP) is 0.209. The number of hydrogen-bond donors (Lipinski definition) is 3. The van der Waals surface area contributed by atoms with Gasteiger partial charge in [-0.05, 0) is 25.1 Å². The van der Waals surface area contributed by atoms with E-state index in [1.54, 1.807) is 0 Å². The zero-order chi connectivity index (χ0) is 23.6. The van der Waals surface area contributed by atoms with E-state index in [0.29, 0.717) is 5.56 Å². The highest BCUT2D eigenvalue weighted by atomic mass is 19.4. The van der Waals surface area contributed by atoms with Crippen molar-refractivity contribution in [1.82, 2.24) is 10.2 Å². The van der Waals surface area contributed by atoms with E-state index in [2.05, 4.69) is 15.4 Å². The highest BCUT2D eigenvalue weighted by Crippen LogP contribution is 2.32. The van der Waals surface area contributed by atoms with Crippen LogP contribution < -0.4 is 16.4 Å². The third-order valence-corrected chi connectivity index (χ3v) is 5.04. The molecule has 2 heterocycles. The second-order valence-corrected chi connectivity index (χ2v) is 7.19. The van der Waals surface area contributed by atoms with Crippen LogP contribution in [0.1, 0.15) is 35.2 Å². The summed E-state index contributed by atoms with van der Waals surface area (Å²) in [6, 6.07) is 3.46. The Morgan fingerprint density at radius 3 is 2.62 bits per heavy atom. The average Bonchev–Trinajstić information content (AvgIpc) is 3.04. The van der Waals surface area contributed by atoms with Crippen molar-refractivity contribution in [2.24, 2.45) is 5.73 Å². The van der Waals surface area contributed by atoms with Crippen LogP contribution in [0.25, 0.3) is 0 Å². The lowest BCUT2D eigenvalue weighted by Crippen LogP contribution is -2.52. The number of nitrogens with one attached hydrogen (secondary N) is 2. The van der Waals surface area contributed by atoms with E-state index in [9.17, 15) is 37.1 Å². The number of amides is 4. The number of carbonyl (C=O) groups is 5. The maximum absolute atomic E-state index is 12.8. The number of nitrogens with two attached hydrogens (primary N) is 1.